The fourth-order valence-corrected chi connectivity index (χ4v) is 2.45. The summed E-state index contributed by atoms with van der Waals surface area (Å²) >= 11 is 0. The van der Waals surface area contributed by atoms with Crippen LogP contribution in [0.15, 0.2) is 0 Å². The minimum absolute atomic E-state index is 0.142. The lowest BCUT2D eigenvalue weighted by atomic mass is 10.0. The predicted molar refractivity (Wildman–Crippen MR) is 75.8 cm³/mol. The molecule has 1 fully saturated rings. The maximum atomic E-state index is 12.3. The average molecular weight is 300 g/mol. The van der Waals surface area contributed by atoms with Gasteiger partial charge in [0.25, 0.3) is 0 Å². The summed E-state index contributed by atoms with van der Waals surface area (Å²) in [5, 5.41) is 11.9. The Morgan fingerprint density at radius 1 is 1.24 bits per heavy atom. The van der Waals surface area contributed by atoms with Crippen molar-refractivity contribution in [2.75, 3.05) is 13.7 Å². The van der Waals surface area contributed by atoms with E-state index >= 15 is 0 Å². The number of esters is 1. The van der Waals surface area contributed by atoms with Crippen LogP contribution < -0.4 is 5.32 Å². The lowest BCUT2D eigenvalue weighted by Crippen LogP contribution is -2.54. The largest absolute Gasteiger partial charge is 0.480 e. The number of urea groups is 1. The lowest BCUT2D eigenvalue weighted by molar-refractivity contribution is -0.144. The van der Waals surface area contributed by atoms with Gasteiger partial charge in [0.1, 0.15) is 12.1 Å². The van der Waals surface area contributed by atoms with E-state index in [1.807, 2.05) is 0 Å². The van der Waals surface area contributed by atoms with Crippen molar-refractivity contribution in [1.29, 1.82) is 0 Å². The normalized spacial score (nSPS) is 20.6. The van der Waals surface area contributed by atoms with E-state index in [2.05, 4.69) is 10.1 Å². The number of amides is 2. The van der Waals surface area contributed by atoms with Crippen LogP contribution in [0.2, 0.25) is 0 Å². The van der Waals surface area contributed by atoms with Gasteiger partial charge in [-0.25, -0.2) is 14.4 Å². The van der Waals surface area contributed by atoms with E-state index in [-0.39, 0.29) is 5.92 Å². The van der Waals surface area contributed by atoms with Gasteiger partial charge >= 0.3 is 18.0 Å². The van der Waals surface area contributed by atoms with Gasteiger partial charge in [-0.2, -0.15) is 0 Å². The molecule has 1 aliphatic heterocycles. The highest BCUT2D eigenvalue weighted by atomic mass is 16.5. The highest BCUT2D eigenvalue weighted by Crippen LogP contribution is 2.17. The first-order valence-electron chi connectivity index (χ1n) is 7.26. The number of methoxy groups -OCH3 is 1. The van der Waals surface area contributed by atoms with Gasteiger partial charge in [-0.15, -0.1) is 0 Å². The fraction of sp³-hybridized carbons (Fsp3) is 0.786. The number of aliphatic carboxylic acids is 1. The fourth-order valence-electron chi connectivity index (χ4n) is 2.45. The minimum Gasteiger partial charge on any atom is -0.480 e. The number of nitrogens with zero attached hydrogens (tertiary/aromatic N) is 1. The highest BCUT2D eigenvalue weighted by molar-refractivity contribution is 5.86. The summed E-state index contributed by atoms with van der Waals surface area (Å²) in [7, 11) is 1.26. The van der Waals surface area contributed by atoms with E-state index in [0.717, 1.165) is 19.3 Å². The van der Waals surface area contributed by atoms with Crippen molar-refractivity contribution in [3.63, 3.8) is 0 Å². The summed E-state index contributed by atoms with van der Waals surface area (Å²) in [6.07, 6.45) is 2.89. The molecule has 2 unspecified atom stereocenters. The molecule has 0 aromatic carbocycles. The summed E-state index contributed by atoms with van der Waals surface area (Å²) in [6, 6.07) is -2.13. The summed E-state index contributed by atoms with van der Waals surface area (Å²) in [5.41, 5.74) is 0. The molecule has 0 aliphatic carbocycles. The topological polar surface area (TPSA) is 95.9 Å². The van der Waals surface area contributed by atoms with E-state index in [9.17, 15) is 19.5 Å². The SMILES string of the molecule is COC(=O)C(NC(=O)N1CCCCCC1C(=O)O)C(C)C. The quantitative estimate of drug-likeness (QED) is 0.761. The van der Waals surface area contributed by atoms with Gasteiger partial charge in [0.05, 0.1) is 7.11 Å². The molecule has 21 heavy (non-hydrogen) atoms. The molecule has 2 atom stereocenters. The molecule has 1 saturated heterocycles. The third kappa shape index (κ3) is 4.61. The van der Waals surface area contributed by atoms with Crippen molar-refractivity contribution in [2.45, 2.75) is 51.6 Å². The molecule has 0 saturated carbocycles. The molecule has 1 rings (SSSR count). The monoisotopic (exact) mass is 300 g/mol. The Bertz CT molecular complexity index is 397. The molecular weight excluding hydrogens is 276 g/mol. The van der Waals surface area contributed by atoms with Gasteiger partial charge in [0, 0.05) is 6.54 Å². The summed E-state index contributed by atoms with van der Waals surface area (Å²) < 4.78 is 4.67. The minimum atomic E-state index is -1.01. The molecule has 1 heterocycles. The number of rotatable bonds is 4. The Hall–Kier alpha value is -1.79. The Morgan fingerprint density at radius 3 is 2.43 bits per heavy atom. The first kappa shape index (κ1) is 17.3. The first-order chi connectivity index (χ1) is 9.88. The maximum Gasteiger partial charge on any atom is 0.328 e. The molecule has 120 valence electrons. The van der Waals surface area contributed by atoms with Crippen LogP contribution in [0.5, 0.6) is 0 Å². The number of hydrogen-bond donors (Lipinski definition) is 2. The summed E-state index contributed by atoms with van der Waals surface area (Å²) in [6.45, 7) is 3.97. The average Bonchev–Trinajstić information content (AvgIpc) is 2.69. The van der Waals surface area contributed by atoms with Crippen LogP contribution in [-0.4, -0.2) is 53.7 Å². The molecule has 0 aromatic rings. The molecule has 2 amide bonds. The molecule has 0 aromatic heterocycles. The number of hydrogen-bond acceptors (Lipinski definition) is 4. The molecule has 2 N–H and O–H groups in total. The third-order valence-corrected chi connectivity index (χ3v) is 3.70. The van der Waals surface area contributed by atoms with Crippen molar-refractivity contribution in [2.24, 2.45) is 5.92 Å². The van der Waals surface area contributed by atoms with E-state index < -0.39 is 30.1 Å². The molecule has 7 nitrogen and oxygen atoms in total. The van der Waals surface area contributed by atoms with Crippen LogP contribution >= 0.6 is 0 Å². The second kappa shape index (κ2) is 7.85. The Labute approximate surface area is 124 Å². The van der Waals surface area contributed by atoms with Crippen molar-refractivity contribution in [3.05, 3.63) is 0 Å². The maximum absolute atomic E-state index is 12.3. The predicted octanol–water partition coefficient (Wildman–Crippen LogP) is 1.22. The van der Waals surface area contributed by atoms with Crippen LogP contribution in [-0.2, 0) is 14.3 Å². The van der Waals surface area contributed by atoms with E-state index in [1.54, 1.807) is 13.8 Å². The van der Waals surface area contributed by atoms with Crippen LogP contribution in [0.3, 0.4) is 0 Å². The number of nitrogens with one attached hydrogen (secondary N) is 1. The van der Waals surface area contributed by atoms with Crippen LogP contribution in [0.25, 0.3) is 0 Å². The standard InChI is InChI=1S/C14H24N2O5/c1-9(2)11(13(19)21-3)15-14(20)16-8-6-4-5-7-10(16)12(17)18/h9-11H,4-8H2,1-3H3,(H,15,20)(H,17,18). The van der Waals surface area contributed by atoms with Gasteiger partial charge in [-0.3, -0.25) is 0 Å². The molecule has 0 spiro atoms. The highest BCUT2D eigenvalue weighted by Gasteiger charge is 2.33. The first-order valence-corrected chi connectivity index (χ1v) is 7.26. The van der Waals surface area contributed by atoms with Crippen LogP contribution in [0.1, 0.15) is 39.5 Å². The Morgan fingerprint density at radius 2 is 1.90 bits per heavy atom. The molecule has 0 radical (unpaired) electrons. The van der Waals surface area contributed by atoms with Gasteiger partial charge in [-0.1, -0.05) is 26.7 Å². The number of likely N-dealkylation sites (tertiary alicyclic amines) is 1. The second-order valence-corrected chi connectivity index (χ2v) is 5.59. The van der Waals surface area contributed by atoms with Gasteiger partial charge < -0.3 is 20.1 Å². The third-order valence-electron chi connectivity index (χ3n) is 3.70. The van der Waals surface area contributed by atoms with Crippen molar-refractivity contribution >= 4 is 18.0 Å². The number of carbonyl (C=O) groups is 3. The van der Waals surface area contributed by atoms with Gasteiger partial charge in [0.15, 0.2) is 0 Å². The zero-order chi connectivity index (χ0) is 16.0. The van der Waals surface area contributed by atoms with Gasteiger partial charge in [0.2, 0.25) is 0 Å². The summed E-state index contributed by atoms with van der Waals surface area (Å²) in [5.74, 6) is -1.68. The lowest BCUT2D eigenvalue weighted by Gasteiger charge is -2.29. The molecule has 7 heteroatoms. The zero-order valence-corrected chi connectivity index (χ0v) is 12.8. The van der Waals surface area contributed by atoms with E-state index in [0.29, 0.717) is 13.0 Å². The number of carboxylic acids is 1. The van der Waals surface area contributed by atoms with E-state index in [1.165, 1.54) is 12.0 Å². The Kier molecular flexibility index (Phi) is 6.45. The summed E-state index contributed by atoms with van der Waals surface area (Å²) in [4.78, 5) is 36.7. The van der Waals surface area contributed by atoms with Gasteiger partial charge in [-0.05, 0) is 18.8 Å². The molecule has 1 aliphatic rings. The van der Waals surface area contributed by atoms with E-state index in [4.69, 9.17) is 0 Å². The van der Waals surface area contributed by atoms with Crippen molar-refractivity contribution < 1.29 is 24.2 Å². The number of ether oxygens (including phenoxy) is 1. The number of carboxylic acid groups (broad SMARTS) is 1. The second-order valence-electron chi connectivity index (χ2n) is 5.59. The molecule has 0 bridgehead atoms. The van der Waals surface area contributed by atoms with Crippen LogP contribution in [0, 0.1) is 5.92 Å². The number of carbonyl (C=O) groups excluding carboxylic acids is 2. The molecular formula is C14H24N2O5. The van der Waals surface area contributed by atoms with Crippen molar-refractivity contribution in [1.82, 2.24) is 10.2 Å². The Balaban J connectivity index is 2.82. The van der Waals surface area contributed by atoms with Crippen molar-refractivity contribution in [3.8, 4) is 0 Å². The smallest absolute Gasteiger partial charge is 0.328 e. The van der Waals surface area contributed by atoms with Crippen LogP contribution in [0.4, 0.5) is 4.79 Å². The zero-order valence-electron chi connectivity index (χ0n) is 12.8.